The number of amides is 1. The molecule has 2 aliphatic heterocycles. The van der Waals surface area contributed by atoms with Crippen LogP contribution >= 0.6 is 0 Å². The molecule has 5 nitrogen and oxygen atoms in total. The lowest BCUT2D eigenvalue weighted by Crippen LogP contribution is -2.46. The van der Waals surface area contributed by atoms with E-state index in [9.17, 15) is 9.59 Å². The van der Waals surface area contributed by atoms with Crippen LogP contribution in [0.1, 0.15) is 13.3 Å². The first-order valence-corrected chi connectivity index (χ1v) is 4.71. The molecule has 78 valence electrons. The summed E-state index contributed by atoms with van der Waals surface area (Å²) >= 11 is 0. The predicted molar refractivity (Wildman–Crippen MR) is 46.7 cm³/mol. The van der Waals surface area contributed by atoms with Gasteiger partial charge in [-0.05, 0) is 6.42 Å². The molecule has 3 atom stereocenters. The first-order chi connectivity index (χ1) is 6.58. The molecule has 1 N–H and O–H groups in total. The van der Waals surface area contributed by atoms with Crippen molar-refractivity contribution in [3.05, 3.63) is 0 Å². The van der Waals surface area contributed by atoms with Gasteiger partial charge in [-0.3, -0.25) is 9.59 Å². The molecule has 2 rings (SSSR count). The van der Waals surface area contributed by atoms with E-state index in [-0.39, 0.29) is 18.1 Å². The van der Waals surface area contributed by atoms with Crippen molar-refractivity contribution in [2.45, 2.75) is 25.6 Å². The highest BCUT2D eigenvalue weighted by Crippen LogP contribution is 2.31. The number of morpholine rings is 1. The summed E-state index contributed by atoms with van der Waals surface area (Å²) in [6.45, 7) is 2.46. The van der Waals surface area contributed by atoms with Crippen LogP contribution in [0.3, 0.4) is 0 Å². The predicted octanol–water partition coefficient (Wildman–Crippen LogP) is -0.293. The van der Waals surface area contributed by atoms with E-state index in [4.69, 9.17) is 9.84 Å². The number of rotatable bonds is 1. The summed E-state index contributed by atoms with van der Waals surface area (Å²) in [4.78, 5) is 23.6. The molecule has 2 saturated heterocycles. The maximum absolute atomic E-state index is 11.1. The zero-order valence-corrected chi connectivity index (χ0v) is 7.97. The van der Waals surface area contributed by atoms with Gasteiger partial charge in [0.05, 0.1) is 18.1 Å². The molecule has 0 radical (unpaired) electrons. The van der Waals surface area contributed by atoms with Gasteiger partial charge in [0, 0.05) is 20.0 Å². The molecule has 2 heterocycles. The highest BCUT2D eigenvalue weighted by Gasteiger charge is 2.45. The van der Waals surface area contributed by atoms with Crippen LogP contribution in [0.4, 0.5) is 0 Å². The van der Waals surface area contributed by atoms with Crippen molar-refractivity contribution in [3.8, 4) is 0 Å². The second-order valence-electron chi connectivity index (χ2n) is 3.90. The molecule has 0 aromatic heterocycles. The standard InChI is InChI=1S/C9H13NO4/c1-5(11)10-3-6-2-7(9(12)13)8(4-10)14-6/h6-8H,2-4H2,1H3,(H,12,13). The lowest BCUT2D eigenvalue weighted by atomic mass is 10.0. The number of nitrogens with zero attached hydrogens (tertiary/aromatic N) is 1. The van der Waals surface area contributed by atoms with Crippen molar-refractivity contribution in [3.63, 3.8) is 0 Å². The van der Waals surface area contributed by atoms with E-state index >= 15 is 0 Å². The Morgan fingerprint density at radius 1 is 1.43 bits per heavy atom. The number of hydrogen-bond donors (Lipinski definition) is 1. The topological polar surface area (TPSA) is 66.8 Å². The van der Waals surface area contributed by atoms with E-state index in [1.165, 1.54) is 6.92 Å². The second-order valence-corrected chi connectivity index (χ2v) is 3.90. The molecule has 5 heteroatoms. The SMILES string of the molecule is CC(=O)N1CC2CC(C(=O)O)C(C1)O2. The molecular weight excluding hydrogens is 186 g/mol. The Balaban J connectivity index is 2.08. The van der Waals surface area contributed by atoms with Gasteiger partial charge in [0.2, 0.25) is 5.91 Å². The van der Waals surface area contributed by atoms with E-state index in [1.54, 1.807) is 4.90 Å². The van der Waals surface area contributed by atoms with Crippen LogP contribution in [-0.2, 0) is 14.3 Å². The fourth-order valence-electron chi connectivity index (χ4n) is 2.17. The molecular formula is C9H13NO4. The van der Waals surface area contributed by atoms with Gasteiger partial charge in [-0.2, -0.15) is 0 Å². The molecule has 2 aliphatic rings. The Morgan fingerprint density at radius 3 is 2.71 bits per heavy atom. The zero-order chi connectivity index (χ0) is 10.3. The summed E-state index contributed by atoms with van der Waals surface area (Å²) < 4.78 is 5.48. The van der Waals surface area contributed by atoms with E-state index < -0.39 is 11.9 Å². The Kier molecular flexibility index (Phi) is 2.19. The van der Waals surface area contributed by atoms with Crippen molar-refractivity contribution in [1.82, 2.24) is 4.90 Å². The molecule has 3 unspecified atom stereocenters. The fourth-order valence-corrected chi connectivity index (χ4v) is 2.17. The normalized spacial score (nSPS) is 35.8. The number of likely N-dealkylation sites (tertiary alicyclic amines) is 1. The van der Waals surface area contributed by atoms with Gasteiger partial charge in [-0.1, -0.05) is 0 Å². The van der Waals surface area contributed by atoms with Gasteiger partial charge in [-0.15, -0.1) is 0 Å². The van der Waals surface area contributed by atoms with Crippen LogP contribution in [0.5, 0.6) is 0 Å². The number of carbonyl (C=O) groups excluding carboxylic acids is 1. The molecule has 0 saturated carbocycles. The van der Waals surface area contributed by atoms with Gasteiger partial charge >= 0.3 is 5.97 Å². The molecule has 1 amide bonds. The summed E-state index contributed by atoms with van der Waals surface area (Å²) in [5.74, 6) is -1.26. The van der Waals surface area contributed by atoms with Crippen LogP contribution in [0.25, 0.3) is 0 Å². The van der Waals surface area contributed by atoms with Crippen LogP contribution < -0.4 is 0 Å². The van der Waals surface area contributed by atoms with Gasteiger partial charge in [0.15, 0.2) is 0 Å². The molecule has 0 aromatic rings. The highest BCUT2D eigenvalue weighted by atomic mass is 16.5. The average molecular weight is 199 g/mol. The molecule has 0 spiro atoms. The third-order valence-corrected chi connectivity index (χ3v) is 2.92. The Bertz CT molecular complexity index is 276. The molecule has 2 fully saturated rings. The summed E-state index contributed by atoms with van der Waals surface area (Å²) in [6, 6.07) is 0. The third kappa shape index (κ3) is 1.48. The Labute approximate surface area is 81.6 Å². The second kappa shape index (κ2) is 3.24. The average Bonchev–Trinajstić information content (AvgIpc) is 2.41. The lowest BCUT2D eigenvalue weighted by molar-refractivity contribution is -0.148. The first-order valence-electron chi connectivity index (χ1n) is 4.71. The monoisotopic (exact) mass is 199 g/mol. The number of hydrogen-bond acceptors (Lipinski definition) is 3. The van der Waals surface area contributed by atoms with E-state index in [2.05, 4.69) is 0 Å². The van der Waals surface area contributed by atoms with Gasteiger partial charge in [-0.25, -0.2) is 0 Å². The van der Waals surface area contributed by atoms with Gasteiger partial charge in [0.25, 0.3) is 0 Å². The van der Waals surface area contributed by atoms with Gasteiger partial charge in [0.1, 0.15) is 0 Å². The highest BCUT2D eigenvalue weighted by molar-refractivity contribution is 5.75. The maximum Gasteiger partial charge on any atom is 0.309 e. The van der Waals surface area contributed by atoms with Crippen LogP contribution in [0.2, 0.25) is 0 Å². The number of carbonyl (C=O) groups is 2. The largest absolute Gasteiger partial charge is 0.481 e. The number of carboxylic acid groups (broad SMARTS) is 1. The van der Waals surface area contributed by atoms with Crippen molar-refractivity contribution >= 4 is 11.9 Å². The number of carboxylic acids is 1. The minimum absolute atomic E-state index is 0.00524. The number of fused-ring (bicyclic) bond motifs is 2. The molecule has 2 bridgehead atoms. The van der Waals surface area contributed by atoms with E-state index in [0.717, 1.165) is 0 Å². The molecule has 0 aliphatic carbocycles. The minimum Gasteiger partial charge on any atom is -0.481 e. The summed E-state index contributed by atoms with van der Waals surface area (Å²) in [6.07, 6.45) is 0.137. The van der Waals surface area contributed by atoms with Crippen molar-refractivity contribution in [1.29, 1.82) is 0 Å². The third-order valence-electron chi connectivity index (χ3n) is 2.92. The summed E-state index contributed by atoms with van der Waals surface area (Å²) in [7, 11) is 0. The summed E-state index contributed by atoms with van der Waals surface area (Å²) in [5, 5.41) is 8.90. The zero-order valence-electron chi connectivity index (χ0n) is 7.97. The summed E-state index contributed by atoms with van der Waals surface area (Å²) in [5.41, 5.74) is 0. The van der Waals surface area contributed by atoms with Crippen molar-refractivity contribution < 1.29 is 19.4 Å². The van der Waals surface area contributed by atoms with Gasteiger partial charge < -0.3 is 14.7 Å². The molecule has 14 heavy (non-hydrogen) atoms. The van der Waals surface area contributed by atoms with Crippen molar-refractivity contribution in [2.75, 3.05) is 13.1 Å². The Morgan fingerprint density at radius 2 is 2.14 bits per heavy atom. The van der Waals surface area contributed by atoms with Crippen LogP contribution in [0, 0.1) is 5.92 Å². The van der Waals surface area contributed by atoms with Crippen molar-refractivity contribution in [2.24, 2.45) is 5.92 Å². The molecule has 0 aromatic carbocycles. The first kappa shape index (κ1) is 9.45. The number of aliphatic carboxylic acids is 1. The Hall–Kier alpha value is -1.10. The smallest absolute Gasteiger partial charge is 0.309 e. The van der Waals surface area contributed by atoms with Crippen LogP contribution in [0.15, 0.2) is 0 Å². The fraction of sp³-hybridized carbons (Fsp3) is 0.778. The van der Waals surface area contributed by atoms with Crippen LogP contribution in [-0.4, -0.2) is 47.2 Å². The number of ether oxygens (including phenoxy) is 1. The maximum atomic E-state index is 11.1. The van der Waals surface area contributed by atoms with E-state index in [0.29, 0.717) is 19.5 Å². The quantitative estimate of drug-likeness (QED) is 0.630. The lowest BCUT2D eigenvalue weighted by Gasteiger charge is -2.31. The van der Waals surface area contributed by atoms with E-state index in [1.807, 2.05) is 0 Å². The minimum atomic E-state index is -0.817.